The maximum absolute atomic E-state index is 11.9. The average molecular weight is 313 g/mol. The van der Waals surface area contributed by atoms with E-state index in [2.05, 4.69) is 10.6 Å². The van der Waals surface area contributed by atoms with Crippen LogP contribution in [-0.2, 0) is 6.42 Å². The molecule has 0 atom stereocenters. The maximum Gasteiger partial charge on any atom is 0.321 e. The van der Waals surface area contributed by atoms with Gasteiger partial charge in [0, 0.05) is 12.2 Å². The highest BCUT2D eigenvalue weighted by molar-refractivity contribution is 6.07. The van der Waals surface area contributed by atoms with Crippen LogP contribution in [0.2, 0.25) is 0 Å². The van der Waals surface area contributed by atoms with Crippen LogP contribution in [0.3, 0.4) is 0 Å². The number of imide groups is 1. The van der Waals surface area contributed by atoms with Gasteiger partial charge < -0.3 is 15.8 Å². The lowest BCUT2D eigenvalue weighted by atomic mass is 10.1. The number of nitrogens with two attached hydrogens (primary N) is 1. The highest BCUT2D eigenvalue weighted by Crippen LogP contribution is 2.17. The molecule has 3 amide bonds. The summed E-state index contributed by atoms with van der Waals surface area (Å²) in [6.07, 6.45) is 0.596. The second-order valence-corrected chi connectivity index (χ2v) is 4.86. The Hall–Kier alpha value is -3.02. The number of para-hydroxylation sites is 2. The van der Waals surface area contributed by atoms with E-state index in [0.29, 0.717) is 18.7 Å². The van der Waals surface area contributed by atoms with Crippen molar-refractivity contribution in [3.63, 3.8) is 0 Å². The zero-order chi connectivity index (χ0) is 16.7. The predicted octanol–water partition coefficient (Wildman–Crippen LogP) is 1.96. The lowest BCUT2D eigenvalue weighted by Crippen LogP contribution is -2.40. The van der Waals surface area contributed by atoms with Crippen molar-refractivity contribution in [1.29, 1.82) is 0 Å². The number of methoxy groups -OCH3 is 1. The molecule has 0 radical (unpaired) electrons. The summed E-state index contributed by atoms with van der Waals surface area (Å²) in [7, 11) is 1.60. The highest BCUT2D eigenvalue weighted by atomic mass is 16.5. The lowest BCUT2D eigenvalue weighted by molar-refractivity contribution is 0.0965. The van der Waals surface area contributed by atoms with Crippen molar-refractivity contribution in [3.8, 4) is 5.75 Å². The van der Waals surface area contributed by atoms with E-state index in [9.17, 15) is 9.59 Å². The second kappa shape index (κ2) is 7.84. The van der Waals surface area contributed by atoms with E-state index in [1.807, 2.05) is 24.3 Å². The molecule has 0 aliphatic rings. The van der Waals surface area contributed by atoms with E-state index >= 15 is 0 Å². The summed E-state index contributed by atoms with van der Waals surface area (Å²) in [4.78, 5) is 23.7. The summed E-state index contributed by atoms with van der Waals surface area (Å²) >= 11 is 0. The van der Waals surface area contributed by atoms with Crippen LogP contribution in [0, 0.1) is 0 Å². The SMILES string of the molecule is COc1ccccc1CCNC(=O)NC(=O)c1ccccc1N. The third kappa shape index (κ3) is 4.47. The molecule has 0 saturated heterocycles. The van der Waals surface area contributed by atoms with Gasteiger partial charge in [-0.05, 0) is 30.2 Å². The van der Waals surface area contributed by atoms with Gasteiger partial charge in [-0.3, -0.25) is 10.1 Å². The minimum atomic E-state index is -0.562. The van der Waals surface area contributed by atoms with Gasteiger partial charge in [0.2, 0.25) is 0 Å². The van der Waals surface area contributed by atoms with Gasteiger partial charge in [-0.2, -0.15) is 0 Å². The smallest absolute Gasteiger partial charge is 0.321 e. The number of carbonyl (C=O) groups is 2. The molecule has 120 valence electrons. The number of rotatable bonds is 5. The monoisotopic (exact) mass is 313 g/mol. The molecule has 2 rings (SSSR count). The van der Waals surface area contributed by atoms with Crippen molar-refractivity contribution < 1.29 is 14.3 Å². The highest BCUT2D eigenvalue weighted by Gasteiger charge is 2.12. The van der Waals surface area contributed by atoms with E-state index in [1.54, 1.807) is 31.4 Å². The standard InChI is InChI=1S/C17H19N3O3/c1-23-15-9-5-2-6-12(15)10-11-19-17(22)20-16(21)13-7-3-4-8-14(13)18/h2-9H,10-11,18H2,1H3,(H2,19,20,21,22). The first-order valence-electron chi connectivity index (χ1n) is 7.17. The molecule has 2 aromatic rings. The largest absolute Gasteiger partial charge is 0.496 e. The molecule has 23 heavy (non-hydrogen) atoms. The molecule has 0 aromatic heterocycles. The molecule has 0 fully saturated rings. The summed E-state index contributed by atoms with van der Waals surface area (Å²) in [6.45, 7) is 0.379. The molecule has 0 spiro atoms. The number of ether oxygens (including phenoxy) is 1. The summed E-state index contributed by atoms with van der Waals surface area (Å²) in [5.74, 6) is 0.237. The number of urea groups is 1. The van der Waals surface area contributed by atoms with Gasteiger partial charge in [0.25, 0.3) is 5.91 Å². The van der Waals surface area contributed by atoms with Crippen LogP contribution in [0.25, 0.3) is 0 Å². The van der Waals surface area contributed by atoms with Crippen LogP contribution in [0.4, 0.5) is 10.5 Å². The molecule has 0 heterocycles. The molecule has 0 bridgehead atoms. The predicted molar refractivity (Wildman–Crippen MR) is 88.4 cm³/mol. The third-order valence-corrected chi connectivity index (χ3v) is 3.30. The van der Waals surface area contributed by atoms with Crippen LogP contribution < -0.4 is 21.1 Å². The molecule has 0 saturated carbocycles. The Morgan fingerprint density at radius 2 is 1.78 bits per heavy atom. The van der Waals surface area contributed by atoms with Crippen molar-refractivity contribution in [2.45, 2.75) is 6.42 Å². The van der Waals surface area contributed by atoms with Crippen molar-refractivity contribution in [2.24, 2.45) is 0 Å². The first kappa shape index (κ1) is 16.4. The van der Waals surface area contributed by atoms with E-state index in [4.69, 9.17) is 10.5 Å². The second-order valence-electron chi connectivity index (χ2n) is 4.86. The Morgan fingerprint density at radius 3 is 2.52 bits per heavy atom. The summed E-state index contributed by atoms with van der Waals surface area (Å²) in [5.41, 5.74) is 7.28. The quantitative estimate of drug-likeness (QED) is 0.736. The summed E-state index contributed by atoms with van der Waals surface area (Å²) in [6, 6.07) is 13.6. The molecule has 0 unspecified atom stereocenters. The van der Waals surface area contributed by atoms with Crippen LogP contribution in [0.5, 0.6) is 5.75 Å². The zero-order valence-electron chi connectivity index (χ0n) is 12.8. The number of nitrogens with one attached hydrogen (secondary N) is 2. The van der Waals surface area contributed by atoms with Crippen molar-refractivity contribution in [3.05, 3.63) is 59.7 Å². The number of carbonyl (C=O) groups excluding carboxylic acids is 2. The lowest BCUT2D eigenvalue weighted by Gasteiger charge is -2.10. The first-order valence-corrected chi connectivity index (χ1v) is 7.17. The Morgan fingerprint density at radius 1 is 1.09 bits per heavy atom. The molecule has 2 aromatic carbocycles. The van der Waals surface area contributed by atoms with E-state index in [1.165, 1.54) is 0 Å². The Labute approximate surface area is 134 Å². The van der Waals surface area contributed by atoms with Crippen LogP contribution in [0.1, 0.15) is 15.9 Å². The molecule has 0 aliphatic heterocycles. The van der Waals surface area contributed by atoms with E-state index in [0.717, 1.165) is 11.3 Å². The minimum Gasteiger partial charge on any atom is -0.496 e. The fourth-order valence-corrected chi connectivity index (χ4v) is 2.14. The fraction of sp³-hybridized carbons (Fsp3) is 0.176. The molecule has 4 N–H and O–H groups in total. The van der Waals surface area contributed by atoms with Crippen LogP contribution >= 0.6 is 0 Å². The summed E-state index contributed by atoms with van der Waals surface area (Å²) in [5, 5.41) is 4.89. The normalized spacial score (nSPS) is 9.96. The number of hydrogen-bond acceptors (Lipinski definition) is 4. The Bertz CT molecular complexity index is 701. The van der Waals surface area contributed by atoms with Gasteiger partial charge in [0.15, 0.2) is 0 Å². The van der Waals surface area contributed by atoms with Crippen LogP contribution in [-0.4, -0.2) is 25.6 Å². The maximum atomic E-state index is 11.9. The summed E-state index contributed by atoms with van der Waals surface area (Å²) < 4.78 is 5.24. The first-order chi connectivity index (χ1) is 11.1. The molecular weight excluding hydrogens is 294 g/mol. The van der Waals surface area contributed by atoms with Gasteiger partial charge in [0.1, 0.15) is 5.75 Å². The topological polar surface area (TPSA) is 93.5 Å². The Balaban J connectivity index is 1.84. The number of benzene rings is 2. The third-order valence-electron chi connectivity index (χ3n) is 3.30. The molecular formula is C17H19N3O3. The number of hydrogen-bond donors (Lipinski definition) is 3. The van der Waals surface area contributed by atoms with Crippen molar-refractivity contribution >= 4 is 17.6 Å². The number of anilines is 1. The Kier molecular flexibility index (Phi) is 5.57. The molecule has 6 nitrogen and oxygen atoms in total. The average Bonchev–Trinajstić information content (AvgIpc) is 2.55. The fourth-order valence-electron chi connectivity index (χ4n) is 2.14. The number of amides is 3. The van der Waals surface area contributed by atoms with Crippen molar-refractivity contribution in [1.82, 2.24) is 10.6 Å². The van der Waals surface area contributed by atoms with Crippen LogP contribution in [0.15, 0.2) is 48.5 Å². The minimum absolute atomic E-state index is 0.271. The van der Waals surface area contributed by atoms with E-state index < -0.39 is 11.9 Å². The van der Waals surface area contributed by atoms with Gasteiger partial charge in [0.05, 0.1) is 12.7 Å². The van der Waals surface area contributed by atoms with Gasteiger partial charge in [-0.15, -0.1) is 0 Å². The molecule has 6 heteroatoms. The van der Waals surface area contributed by atoms with Gasteiger partial charge in [-0.25, -0.2) is 4.79 Å². The molecule has 0 aliphatic carbocycles. The van der Waals surface area contributed by atoms with Gasteiger partial charge in [-0.1, -0.05) is 30.3 Å². The number of nitrogen functional groups attached to an aromatic ring is 1. The van der Waals surface area contributed by atoms with Crippen molar-refractivity contribution in [2.75, 3.05) is 19.4 Å². The van der Waals surface area contributed by atoms with Gasteiger partial charge >= 0.3 is 6.03 Å². The zero-order valence-corrected chi connectivity index (χ0v) is 12.8. The van der Waals surface area contributed by atoms with E-state index in [-0.39, 0.29) is 5.56 Å².